The molecule has 1 aromatic heterocycles. The van der Waals surface area contributed by atoms with Crippen LogP contribution >= 0.6 is 22.9 Å². The van der Waals surface area contributed by atoms with Crippen molar-refractivity contribution in [2.24, 2.45) is 5.92 Å². The van der Waals surface area contributed by atoms with Crippen molar-refractivity contribution in [3.8, 4) is 0 Å². The first-order valence-corrected chi connectivity index (χ1v) is 10.1. The smallest absolute Gasteiger partial charge is 0.223 e. The van der Waals surface area contributed by atoms with Crippen molar-refractivity contribution in [3.63, 3.8) is 0 Å². The molecule has 134 valence electrons. The molecule has 0 atom stereocenters. The van der Waals surface area contributed by atoms with Crippen molar-refractivity contribution in [3.05, 3.63) is 23.2 Å². The van der Waals surface area contributed by atoms with Crippen molar-refractivity contribution in [1.29, 1.82) is 0 Å². The van der Waals surface area contributed by atoms with E-state index in [1.165, 1.54) is 0 Å². The van der Waals surface area contributed by atoms with E-state index in [0.29, 0.717) is 30.6 Å². The van der Waals surface area contributed by atoms with Crippen LogP contribution in [-0.2, 0) is 9.53 Å². The van der Waals surface area contributed by atoms with E-state index in [1.54, 1.807) is 11.3 Å². The number of carbonyl (C=O) groups excluding carboxylic acids is 1. The topological polar surface area (TPSA) is 45.7 Å². The lowest BCUT2D eigenvalue weighted by atomic mass is 9.93. The number of benzene rings is 1. The van der Waals surface area contributed by atoms with E-state index in [0.717, 1.165) is 54.4 Å². The Morgan fingerprint density at radius 3 is 2.72 bits per heavy atom. The van der Waals surface area contributed by atoms with Gasteiger partial charge in [0.15, 0.2) is 5.13 Å². The molecule has 0 spiro atoms. The third-order valence-corrected chi connectivity index (χ3v) is 6.46. The molecule has 1 amide bonds. The molecule has 0 aliphatic carbocycles. The van der Waals surface area contributed by atoms with Crippen LogP contribution in [-0.4, -0.2) is 55.2 Å². The fraction of sp³-hybridized carbons (Fsp3) is 0.556. The molecule has 2 saturated heterocycles. The van der Waals surface area contributed by atoms with Gasteiger partial charge in [0.25, 0.3) is 0 Å². The molecule has 0 radical (unpaired) electrons. The summed E-state index contributed by atoms with van der Waals surface area (Å²) >= 11 is 7.94. The SMILES string of the molecule is O=C(CC1CCN(c2nc3c(Cl)cccc3s2)CC1)N1CCOCC1. The summed E-state index contributed by atoms with van der Waals surface area (Å²) in [5.41, 5.74) is 0.897. The van der Waals surface area contributed by atoms with Crippen molar-refractivity contribution < 1.29 is 9.53 Å². The molecule has 0 saturated carbocycles. The maximum atomic E-state index is 12.4. The molecule has 0 unspecified atom stereocenters. The predicted octanol–water partition coefficient (Wildman–Crippen LogP) is 3.42. The Bertz CT molecular complexity index is 752. The zero-order valence-electron chi connectivity index (χ0n) is 14.1. The summed E-state index contributed by atoms with van der Waals surface area (Å²) in [4.78, 5) is 21.4. The van der Waals surface area contributed by atoms with Crippen LogP contribution < -0.4 is 4.90 Å². The Hall–Kier alpha value is -1.37. The summed E-state index contributed by atoms with van der Waals surface area (Å²) < 4.78 is 6.45. The van der Waals surface area contributed by atoms with Crippen LogP contribution in [0.15, 0.2) is 18.2 Å². The highest BCUT2D eigenvalue weighted by atomic mass is 35.5. The number of aromatic nitrogens is 1. The Labute approximate surface area is 156 Å². The number of halogens is 1. The third-order valence-electron chi connectivity index (χ3n) is 5.07. The third kappa shape index (κ3) is 3.76. The molecule has 4 rings (SSSR count). The second kappa shape index (κ2) is 7.48. The number of hydrogen-bond acceptors (Lipinski definition) is 5. The minimum atomic E-state index is 0.286. The average Bonchev–Trinajstić information content (AvgIpc) is 3.09. The molecule has 2 aliphatic heterocycles. The van der Waals surface area contributed by atoms with Crippen molar-refractivity contribution in [2.45, 2.75) is 19.3 Å². The monoisotopic (exact) mass is 379 g/mol. The minimum absolute atomic E-state index is 0.286. The van der Waals surface area contributed by atoms with Crippen LogP contribution in [0.5, 0.6) is 0 Å². The summed E-state index contributed by atoms with van der Waals surface area (Å²) in [5.74, 6) is 0.762. The highest BCUT2D eigenvalue weighted by Gasteiger charge is 2.26. The van der Waals surface area contributed by atoms with Crippen molar-refractivity contribution >= 4 is 44.2 Å². The maximum Gasteiger partial charge on any atom is 0.223 e. The second-order valence-electron chi connectivity index (χ2n) is 6.71. The first-order valence-electron chi connectivity index (χ1n) is 8.86. The van der Waals surface area contributed by atoms with Crippen LogP contribution in [0, 0.1) is 5.92 Å². The lowest BCUT2D eigenvalue weighted by molar-refractivity contribution is -0.136. The minimum Gasteiger partial charge on any atom is -0.378 e. The molecule has 25 heavy (non-hydrogen) atoms. The first kappa shape index (κ1) is 17.1. The summed E-state index contributed by atoms with van der Waals surface area (Å²) in [6.07, 6.45) is 2.75. The number of para-hydroxylation sites is 1. The van der Waals surface area contributed by atoms with E-state index >= 15 is 0 Å². The highest BCUT2D eigenvalue weighted by Crippen LogP contribution is 2.34. The first-order chi connectivity index (χ1) is 12.2. The Morgan fingerprint density at radius 1 is 1.24 bits per heavy atom. The molecule has 2 aliphatic rings. The number of nitrogens with zero attached hydrogens (tertiary/aromatic N) is 3. The van der Waals surface area contributed by atoms with E-state index < -0.39 is 0 Å². The standard InChI is InChI=1S/C18H22ClN3O2S/c19-14-2-1-3-15-17(14)20-18(25-15)22-6-4-13(5-7-22)12-16(23)21-8-10-24-11-9-21/h1-3,13H,4-12H2. The largest absolute Gasteiger partial charge is 0.378 e. The van der Waals surface area contributed by atoms with Gasteiger partial charge in [0.1, 0.15) is 5.52 Å². The quantitative estimate of drug-likeness (QED) is 0.819. The van der Waals surface area contributed by atoms with Gasteiger partial charge in [-0.1, -0.05) is 29.0 Å². The highest BCUT2D eigenvalue weighted by molar-refractivity contribution is 7.22. The molecule has 0 bridgehead atoms. The van der Waals surface area contributed by atoms with Gasteiger partial charge in [-0.3, -0.25) is 4.79 Å². The molecule has 3 heterocycles. The molecular formula is C18H22ClN3O2S. The number of piperidine rings is 1. The van der Waals surface area contributed by atoms with Gasteiger partial charge in [-0.15, -0.1) is 0 Å². The van der Waals surface area contributed by atoms with Crippen LogP contribution in [0.2, 0.25) is 5.02 Å². The number of hydrogen-bond donors (Lipinski definition) is 0. The molecule has 2 fully saturated rings. The van der Waals surface area contributed by atoms with Crippen molar-refractivity contribution in [1.82, 2.24) is 9.88 Å². The van der Waals surface area contributed by atoms with Gasteiger partial charge in [-0.05, 0) is 30.9 Å². The summed E-state index contributed by atoms with van der Waals surface area (Å²) in [6.45, 7) is 4.74. The van der Waals surface area contributed by atoms with Gasteiger partial charge in [0.2, 0.25) is 5.91 Å². The van der Waals surface area contributed by atoms with Crippen LogP contribution in [0.1, 0.15) is 19.3 Å². The predicted molar refractivity (Wildman–Crippen MR) is 102 cm³/mol. The lowest BCUT2D eigenvalue weighted by Crippen LogP contribution is -2.42. The number of carbonyl (C=O) groups is 1. The van der Waals surface area contributed by atoms with E-state index in [4.69, 9.17) is 21.3 Å². The second-order valence-corrected chi connectivity index (χ2v) is 8.13. The van der Waals surface area contributed by atoms with E-state index in [-0.39, 0.29) is 5.91 Å². The van der Waals surface area contributed by atoms with E-state index in [2.05, 4.69) is 11.0 Å². The molecule has 2 aromatic rings. The van der Waals surface area contributed by atoms with Crippen LogP contribution in [0.4, 0.5) is 5.13 Å². The number of anilines is 1. The Balaban J connectivity index is 1.34. The average molecular weight is 380 g/mol. The van der Waals surface area contributed by atoms with E-state index in [1.807, 2.05) is 17.0 Å². The summed E-state index contributed by atoms with van der Waals surface area (Å²) in [6, 6.07) is 5.92. The van der Waals surface area contributed by atoms with Crippen LogP contribution in [0.3, 0.4) is 0 Å². The Kier molecular flexibility index (Phi) is 5.10. The molecule has 5 nitrogen and oxygen atoms in total. The molecule has 1 aromatic carbocycles. The number of amides is 1. The zero-order chi connectivity index (χ0) is 17.2. The maximum absolute atomic E-state index is 12.4. The normalized spacial score (nSPS) is 19.6. The van der Waals surface area contributed by atoms with Gasteiger partial charge >= 0.3 is 0 Å². The molecule has 0 N–H and O–H groups in total. The number of rotatable bonds is 3. The molecular weight excluding hydrogens is 358 g/mol. The van der Waals surface area contributed by atoms with Gasteiger partial charge in [-0.25, -0.2) is 4.98 Å². The van der Waals surface area contributed by atoms with Gasteiger partial charge in [0.05, 0.1) is 22.9 Å². The number of fused-ring (bicyclic) bond motifs is 1. The van der Waals surface area contributed by atoms with Gasteiger partial charge in [0, 0.05) is 32.6 Å². The zero-order valence-corrected chi connectivity index (χ0v) is 15.7. The fourth-order valence-electron chi connectivity index (χ4n) is 3.56. The molecule has 7 heteroatoms. The Morgan fingerprint density at radius 2 is 2.00 bits per heavy atom. The number of thiazole rings is 1. The fourth-order valence-corrected chi connectivity index (χ4v) is 4.87. The van der Waals surface area contributed by atoms with Crippen molar-refractivity contribution in [2.75, 3.05) is 44.3 Å². The van der Waals surface area contributed by atoms with Crippen LogP contribution in [0.25, 0.3) is 10.2 Å². The number of morpholine rings is 1. The summed E-state index contributed by atoms with van der Waals surface area (Å²) in [7, 11) is 0. The van der Waals surface area contributed by atoms with Gasteiger partial charge in [-0.2, -0.15) is 0 Å². The lowest BCUT2D eigenvalue weighted by Gasteiger charge is -2.33. The van der Waals surface area contributed by atoms with E-state index in [9.17, 15) is 4.79 Å². The number of ether oxygens (including phenoxy) is 1. The summed E-state index contributed by atoms with van der Waals surface area (Å²) in [5, 5.41) is 1.76. The van der Waals surface area contributed by atoms with Gasteiger partial charge < -0.3 is 14.5 Å².